The van der Waals surface area contributed by atoms with Gasteiger partial charge in [0.2, 0.25) is 0 Å². The first-order chi connectivity index (χ1) is 15.4. The zero-order valence-electron chi connectivity index (χ0n) is 18.6. The van der Waals surface area contributed by atoms with E-state index in [9.17, 15) is 13.6 Å². The number of benzene rings is 1. The number of nitrogens with one attached hydrogen (secondary N) is 1. The van der Waals surface area contributed by atoms with Gasteiger partial charge in [-0.3, -0.25) is 4.79 Å². The lowest BCUT2D eigenvalue weighted by Gasteiger charge is -2.41. The quantitative estimate of drug-likeness (QED) is 0.726. The number of hydrogen-bond acceptors (Lipinski definition) is 5. The van der Waals surface area contributed by atoms with E-state index in [4.69, 9.17) is 9.47 Å². The molecule has 0 bridgehead atoms. The molecule has 1 aromatic heterocycles. The van der Waals surface area contributed by atoms with Crippen LogP contribution in [0.5, 0.6) is 11.5 Å². The molecule has 1 amide bonds. The van der Waals surface area contributed by atoms with Gasteiger partial charge < -0.3 is 19.7 Å². The number of methoxy groups -OCH3 is 1. The number of fused-ring (bicyclic) bond motifs is 1. The van der Waals surface area contributed by atoms with Crippen molar-refractivity contribution < 1.29 is 23.0 Å². The van der Waals surface area contributed by atoms with Crippen molar-refractivity contribution in [1.29, 1.82) is 0 Å². The zero-order valence-corrected chi connectivity index (χ0v) is 18.6. The molecule has 2 aromatic rings. The number of piperidine rings is 1. The highest BCUT2D eigenvalue weighted by atomic mass is 19.3. The Kier molecular flexibility index (Phi) is 6.53. The van der Waals surface area contributed by atoms with Gasteiger partial charge >= 0.3 is 0 Å². The van der Waals surface area contributed by atoms with E-state index in [0.717, 1.165) is 12.8 Å². The molecule has 0 aliphatic carbocycles. The number of aryl methyl sites for hydroxylation is 1. The first-order valence-electron chi connectivity index (χ1n) is 11.1. The summed E-state index contributed by atoms with van der Waals surface area (Å²) in [5, 5.41) is 7.63. The Bertz CT molecular complexity index is 951. The second-order valence-electron chi connectivity index (χ2n) is 8.63. The smallest absolute Gasteiger partial charge is 0.263 e. The number of amides is 1. The van der Waals surface area contributed by atoms with E-state index in [1.165, 1.54) is 4.68 Å². The summed E-state index contributed by atoms with van der Waals surface area (Å²) >= 11 is 0. The molecule has 4 rings (SSSR count). The first-order valence-corrected chi connectivity index (χ1v) is 11.1. The molecular formula is C23H30F2N4O3. The molecule has 1 aromatic carbocycles. The molecule has 0 saturated carbocycles. The Morgan fingerprint density at radius 1 is 1.28 bits per heavy atom. The Morgan fingerprint density at radius 3 is 2.81 bits per heavy atom. The third-order valence-electron chi connectivity index (χ3n) is 6.33. The molecule has 7 nitrogen and oxygen atoms in total. The zero-order chi connectivity index (χ0) is 22.8. The number of carbonyl (C=O) groups is 1. The third-order valence-corrected chi connectivity index (χ3v) is 6.33. The summed E-state index contributed by atoms with van der Waals surface area (Å²) in [4.78, 5) is 14.9. The molecule has 174 valence electrons. The van der Waals surface area contributed by atoms with E-state index in [2.05, 4.69) is 10.4 Å². The number of hydrogen-bond donors (Lipinski definition) is 1. The van der Waals surface area contributed by atoms with Crippen molar-refractivity contribution in [2.24, 2.45) is 5.92 Å². The van der Waals surface area contributed by atoms with Crippen LogP contribution in [0.1, 0.15) is 37.9 Å². The molecule has 2 unspecified atom stereocenters. The molecule has 2 aliphatic heterocycles. The number of likely N-dealkylation sites (tertiary alicyclic amines) is 1. The number of alkyl halides is 2. The Morgan fingerprint density at radius 2 is 2.06 bits per heavy atom. The number of anilines is 1. The average Bonchev–Trinajstić information content (AvgIpc) is 3.17. The highest BCUT2D eigenvalue weighted by Gasteiger charge is 2.39. The summed E-state index contributed by atoms with van der Waals surface area (Å²) in [5.41, 5.74) is 0.711. The van der Waals surface area contributed by atoms with Crippen LogP contribution in [0.4, 0.5) is 14.6 Å². The molecule has 0 radical (unpaired) electrons. The van der Waals surface area contributed by atoms with Gasteiger partial charge in [-0.2, -0.15) is 5.10 Å². The lowest BCUT2D eigenvalue weighted by Crippen LogP contribution is -2.50. The largest absolute Gasteiger partial charge is 0.497 e. The van der Waals surface area contributed by atoms with E-state index in [-0.39, 0.29) is 24.3 Å². The van der Waals surface area contributed by atoms with Crippen LogP contribution in [0.25, 0.3) is 0 Å². The lowest BCUT2D eigenvalue weighted by molar-refractivity contribution is -0.140. The third kappa shape index (κ3) is 4.66. The summed E-state index contributed by atoms with van der Waals surface area (Å²) in [5.74, 6) is 1.84. The maximum atomic E-state index is 13.7. The van der Waals surface area contributed by atoms with E-state index in [1.54, 1.807) is 44.1 Å². The minimum Gasteiger partial charge on any atom is -0.497 e. The van der Waals surface area contributed by atoms with Crippen molar-refractivity contribution >= 4 is 11.7 Å². The molecule has 1 N–H and O–H groups in total. The van der Waals surface area contributed by atoms with E-state index in [0.29, 0.717) is 36.1 Å². The number of ether oxygens (including phenoxy) is 2. The van der Waals surface area contributed by atoms with E-state index in [1.807, 2.05) is 12.1 Å². The topological polar surface area (TPSA) is 68.6 Å². The number of aromatic nitrogens is 2. The van der Waals surface area contributed by atoms with Crippen LogP contribution in [-0.2, 0) is 4.79 Å². The fourth-order valence-corrected chi connectivity index (χ4v) is 4.73. The predicted molar refractivity (Wildman–Crippen MR) is 116 cm³/mol. The minimum absolute atomic E-state index is 0.0851. The fraction of sp³-hybridized carbons (Fsp3) is 0.565. The van der Waals surface area contributed by atoms with Gasteiger partial charge in [0.05, 0.1) is 12.8 Å². The van der Waals surface area contributed by atoms with Crippen LogP contribution in [0, 0.1) is 12.8 Å². The van der Waals surface area contributed by atoms with Gasteiger partial charge in [-0.05, 0) is 51.2 Å². The number of halogens is 2. The van der Waals surface area contributed by atoms with Crippen LogP contribution in [-0.4, -0.2) is 59.4 Å². The molecule has 1 saturated heterocycles. The number of rotatable bonds is 6. The SMILES string of the molecule is COc1cccc(OC(C)C(=O)N2CCCC([C@@H]3C[C@H](C(F)F)n4nc(C)cc4N3)C2)c1. The van der Waals surface area contributed by atoms with Crippen LogP contribution >= 0.6 is 0 Å². The summed E-state index contributed by atoms with van der Waals surface area (Å²) in [7, 11) is 1.58. The van der Waals surface area contributed by atoms with Gasteiger partial charge in [0, 0.05) is 31.3 Å². The normalized spacial score (nSPS) is 23.9. The lowest BCUT2D eigenvalue weighted by atomic mass is 9.86. The number of carbonyl (C=O) groups excluding carboxylic acids is 1. The molecular weight excluding hydrogens is 418 g/mol. The second kappa shape index (κ2) is 9.34. The van der Waals surface area contributed by atoms with Crippen molar-refractivity contribution in [2.45, 2.75) is 57.7 Å². The standard InChI is InChI=1S/C23H30F2N4O3/c1-14-10-21-26-19(12-20(22(24)25)29(21)27-14)16-6-5-9-28(13-16)23(30)15(2)32-18-8-4-7-17(11-18)31-3/h4,7-8,10-11,15-16,19-20,22,26H,5-6,9,12-13H2,1-3H3/t15?,16?,19-,20+/m0/s1. The summed E-state index contributed by atoms with van der Waals surface area (Å²) in [6, 6.07) is 7.86. The minimum atomic E-state index is -2.49. The molecule has 9 heteroatoms. The molecule has 3 heterocycles. The van der Waals surface area contributed by atoms with Crippen LogP contribution in [0.3, 0.4) is 0 Å². The second-order valence-corrected chi connectivity index (χ2v) is 8.63. The molecule has 2 aliphatic rings. The van der Waals surface area contributed by atoms with E-state index < -0.39 is 18.6 Å². The summed E-state index contributed by atoms with van der Waals surface area (Å²) in [6.45, 7) is 4.70. The fourth-order valence-electron chi connectivity index (χ4n) is 4.73. The number of nitrogens with zero attached hydrogens (tertiary/aromatic N) is 3. The van der Waals surface area contributed by atoms with Gasteiger partial charge in [-0.15, -0.1) is 0 Å². The van der Waals surface area contributed by atoms with Crippen molar-refractivity contribution in [1.82, 2.24) is 14.7 Å². The van der Waals surface area contributed by atoms with Gasteiger partial charge in [-0.25, -0.2) is 13.5 Å². The maximum absolute atomic E-state index is 13.7. The van der Waals surface area contributed by atoms with Crippen LogP contribution in [0.2, 0.25) is 0 Å². The highest BCUT2D eigenvalue weighted by molar-refractivity contribution is 5.81. The van der Waals surface area contributed by atoms with Crippen LogP contribution in [0.15, 0.2) is 30.3 Å². The van der Waals surface area contributed by atoms with Gasteiger partial charge in [0.1, 0.15) is 23.4 Å². The Hall–Kier alpha value is -2.84. The van der Waals surface area contributed by atoms with Gasteiger partial charge in [0.15, 0.2) is 6.10 Å². The average molecular weight is 449 g/mol. The molecule has 0 spiro atoms. The first kappa shape index (κ1) is 22.4. The van der Waals surface area contributed by atoms with Crippen molar-refractivity contribution in [3.05, 3.63) is 36.0 Å². The molecule has 4 atom stereocenters. The maximum Gasteiger partial charge on any atom is 0.263 e. The van der Waals surface area contributed by atoms with Gasteiger partial charge in [0.25, 0.3) is 12.3 Å². The summed E-state index contributed by atoms with van der Waals surface area (Å²) < 4.78 is 40.0. The molecule has 32 heavy (non-hydrogen) atoms. The van der Waals surface area contributed by atoms with Crippen molar-refractivity contribution in [2.75, 3.05) is 25.5 Å². The highest BCUT2D eigenvalue weighted by Crippen LogP contribution is 2.36. The Balaban J connectivity index is 1.42. The van der Waals surface area contributed by atoms with Gasteiger partial charge in [-0.1, -0.05) is 6.07 Å². The Labute approximate surface area is 186 Å². The summed E-state index contributed by atoms with van der Waals surface area (Å²) in [6.07, 6.45) is -1.14. The van der Waals surface area contributed by atoms with E-state index >= 15 is 0 Å². The monoisotopic (exact) mass is 448 g/mol. The van der Waals surface area contributed by atoms with Crippen molar-refractivity contribution in [3.8, 4) is 11.5 Å². The predicted octanol–water partition coefficient (Wildman–Crippen LogP) is 3.90. The molecule has 1 fully saturated rings. The van der Waals surface area contributed by atoms with Crippen molar-refractivity contribution in [3.63, 3.8) is 0 Å². The van der Waals surface area contributed by atoms with Crippen LogP contribution < -0.4 is 14.8 Å².